The summed E-state index contributed by atoms with van der Waals surface area (Å²) in [7, 11) is -2.44. The molecule has 1 rings (SSSR count). The largest absolute Gasteiger partial charge is 0.405 e. The summed E-state index contributed by atoms with van der Waals surface area (Å²) in [6, 6.07) is 10.3. The van der Waals surface area contributed by atoms with Gasteiger partial charge >= 0.3 is 7.94 Å². The first kappa shape index (κ1) is 15.5. The van der Waals surface area contributed by atoms with E-state index < -0.39 is 7.94 Å². The summed E-state index contributed by atoms with van der Waals surface area (Å²) in [6.07, 6.45) is 0. The number of rotatable bonds is 4. The van der Waals surface area contributed by atoms with Gasteiger partial charge in [-0.1, -0.05) is 35.9 Å². The fourth-order valence-electron chi connectivity index (χ4n) is 1.05. The highest BCUT2D eigenvalue weighted by Gasteiger charge is 2.31. The molecule has 0 saturated carbocycles. The van der Waals surface area contributed by atoms with Crippen molar-refractivity contribution >= 4 is 7.94 Å². The molecule has 0 spiro atoms. The summed E-state index contributed by atoms with van der Waals surface area (Å²) in [5, 5.41) is 0. The van der Waals surface area contributed by atoms with Crippen molar-refractivity contribution in [1.82, 2.24) is 0 Å². The van der Waals surface area contributed by atoms with Gasteiger partial charge in [0.2, 0.25) is 0 Å². The predicted octanol–water partition coefficient (Wildman–Crippen LogP) is 3.44. The third-order valence-corrected chi connectivity index (χ3v) is 3.15. The number of hydrogen-bond donors (Lipinski definition) is 1. The Labute approximate surface area is 99.0 Å². The lowest BCUT2D eigenvalue weighted by Gasteiger charge is -2.09. The van der Waals surface area contributed by atoms with Crippen molar-refractivity contribution in [2.75, 3.05) is 19.9 Å². The molecule has 3 nitrogen and oxygen atoms in total. The maximum atomic E-state index is 9.18. The zero-order valence-electron chi connectivity index (χ0n) is 10.5. The van der Waals surface area contributed by atoms with Crippen LogP contribution in [0.1, 0.15) is 19.4 Å². The fourth-order valence-corrected chi connectivity index (χ4v) is 2.08. The zero-order chi connectivity index (χ0) is 12.4. The van der Waals surface area contributed by atoms with Crippen molar-refractivity contribution < 1.29 is 13.9 Å². The number of benzene rings is 1. The van der Waals surface area contributed by atoms with Gasteiger partial charge in [-0.05, 0) is 20.8 Å². The molecule has 0 atom stereocenters. The Hall–Kier alpha value is -0.470. The molecule has 0 unspecified atom stereocenters. The number of aryl methyl sites for hydroxylation is 1. The topological polar surface area (TPSA) is 38.7 Å². The van der Waals surface area contributed by atoms with Crippen molar-refractivity contribution in [2.45, 2.75) is 20.8 Å². The minimum Gasteiger partial charge on any atom is -0.193 e. The van der Waals surface area contributed by atoms with Gasteiger partial charge in [0.15, 0.2) is 0 Å². The van der Waals surface area contributed by atoms with E-state index in [-0.39, 0.29) is 0 Å². The molecule has 0 radical (unpaired) electrons. The average Bonchev–Trinajstić information content (AvgIpc) is 2.19. The van der Waals surface area contributed by atoms with Gasteiger partial charge < -0.3 is 0 Å². The molecule has 0 heterocycles. The van der Waals surface area contributed by atoms with Crippen molar-refractivity contribution in [3.05, 3.63) is 35.9 Å². The smallest absolute Gasteiger partial charge is 0.193 e. The highest BCUT2D eigenvalue weighted by Crippen LogP contribution is 2.52. The molecule has 4 heteroatoms. The van der Waals surface area contributed by atoms with E-state index >= 15 is 0 Å². The van der Waals surface area contributed by atoms with Crippen LogP contribution in [0.3, 0.4) is 0 Å². The molecule has 0 aromatic heterocycles. The zero-order valence-corrected chi connectivity index (χ0v) is 11.4. The molecular formula is C12H22O3P+. The monoisotopic (exact) mass is 245 g/mol. The van der Waals surface area contributed by atoms with Gasteiger partial charge in [0, 0.05) is 0 Å². The quantitative estimate of drug-likeness (QED) is 0.826. The van der Waals surface area contributed by atoms with Crippen molar-refractivity contribution in [3.63, 3.8) is 0 Å². The first-order valence-corrected chi connectivity index (χ1v) is 7.44. The van der Waals surface area contributed by atoms with E-state index in [9.17, 15) is 4.89 Å². The second-order valence-corrected chi connectivity index (χ2v) is 5.42. The summed E-state index contributed by atoms with van der Waals surface area (Å²) in [4.78, 5) is 9.18. The summed E-state index contributed by atoms with van der Waals surface area (Å²) in [5.41, 5.74) is 1.32. The Kier molecular flexibility index (Phi) is 8.40. The molecule has 0 bridgehead atoms. The first-order valence-electron chi connectivity index (χ1n) is 5.41. The van der Waals surface area contributed by atoms with Crippen LogP contribution in [0.4, 0.5) is 0 Å². The Bertz CT molecular complexity index is 254. The van der Waals surface area contributed by atoms with Gasteiger partial charge in [-0.25, -0.2) is 0 Å². The Balaban J connectivity index is 0.000000288. The van der Waals surface area contributed by atoms with E-state index in [1.54, 1.807) is 6.66 Å². The van der Waals surface area contributed by atoms with Crippen LogP contribution in [0.2, 0.25) is 0 Å². The van der Waals surface area contributed by atoms with Crippen LogP contribution in [0.15, 0.2) is 30.3 Å². The van der Waals surface area contributed by atoms with Gasteiger partial charge in [-0.2, -0.15) is 13.9 Å². The molecule has 0 saturated heterocycles. The predicted molar refractivity (Wildman–Crippen MR) is 69.5 cm³/mol. The Morgan fingerprint density at radius 3 is 1.75 bits per heavy atom. The SMILES string of the molecule is CCO[P+](C)(O)OCC.Cc1ccccc1. The molecule has 0 amide bonds. The number of hydrogen-bond acceptors (Lipinski definition) is 3. The van der Waals surface area contributed by atoms with Gasteiger partial charge in [0.25, 0.3) is 0 Å². The third kappa shape index (κ3) is 8.81. The fraction of sp³-hybridized carbons (Fsp3) is 0.500. The minimum atomic E-state index is -2.44. The molecule has 1 aromatic carbocycles. The molecule has 0 aliphatic heterocycles. The van der Waals surface area contributed by atoms with Gasteiger partial charge in [0.1, 0.15) is 6.66 Å². The lowest BCUT2D eigenvalue weighted by molar-refractivity contribution is 0.195. The standard InChI is InChI=1S/C7H8.C5H14O3P/c1-7-5-3-2-4-6-7;1-4-7-9(3,6)8-5-2/h2-6H,1H3;6H,4-5H2,1-3H3/q;+1. The minimum absolute atomic E-state index is 0.501. The van der Waals surface area contributed by atoms with Crippen molar-refractivity contribution in [1.29, 1.82) is 0 Å². The molecular weight excluding hydrogens is 223 g/mol. The van der Waals surface area contributed by atoms with E-state index in [4.69, 9.17) is 9.05 Å². The normalized spacial score (nSPS) is 10.6. The Morgan fingerprint density at radius 2 is 1.50 bits per heavy atom. The van der Waals surface area contributed by atoms with E-state index in [0.717, 1.165) is 0 Å². The molecule has 0 aliphatic carbocycles. The van der Waals surface area contributed by atoms with E-state index in [1.165, 1.54) is 5.56 Å². The molecule has 0 fully saturated rings. The highest BCUT2D eigenvalue weighted by molar-refractivity contribution is 7.59. The summed E-state index contributed by atoms with van der Waals surface area (Å²) in [5.74, 6) is 0. The van der Waals surface area contributed by atoms with Crippen molar-refractivity contribution in [2.24, 2.45) is 0 Å². The van der Waals surface area contributed by atoms with Gasteiger partial charge in [-0.3, -0.25) is 0 Å². The van der Waals surface area contributed by atoms with Crippen LogP contribution in [-0.4, -0.2) is 24.8 Å². The van der Waals surface area contributed by atoms with Crippen LogP contribution in [0.25, 0.3) is 0 Å². The van der Waals surface area contributed by atoms with Gasteiger partial charge in [-0.15, -0.1) is 0 Å². The first-order chi connectivity index (χ1) is 7.52. The average molecular weight is 245 g/mol. The van der Waals surface area contributed by atoms with Crippen LogP contribution < -0.4 is 0 Å². The van der Waals surface area contributed by atoms with E-state index in [2.05, 4.69) is 19.1 Å². The second kappa shape index (κ2) is 8.66. The maximum Gasteiger partial charge on any atom is 0.405 e. The van der Waals surface area contributed by atoms with E-state index in [1.807, 2.05) is 32.0 Å². The Morgan fingerprint density at radius 1 is 1.06 bits per heavy atom. The van der Waals surface area contributed by atoms with Crippen LogP contribution in [0.5, 0.6) is 0 Å². The summed E-state index contributed by atoms with van der Waals surface area (Å²) in [6.45, 7) is 8.32. The molecule has 0 aliphatic rings. The van der Waals surface area contributed by atoms with Crippen LogP contribution >= 0.6 is 7.94 Å². The van der Waals surface area contributed by atoms with Crippen LogP contribution in [0, 0.1) is 6.92 Å². The second-order valence-electron chi connectivity index (χ2n) is 3.29. The summed E-state index contributed by atoms with van der Waals surface area (Å²) < 4.78 is 9.83. The molecule has 1 aromatic rings. The van der Waals surface area contributed by atoms with Crippen molar-refractivity contribution in [3.8, 4) is 0 Å². The molecule has 16 heavy (non-hydrogen) atoms. The summed E-state index contributed by atoms with van der Waals surface area (Å²) >= 11 is 0. The third-order valence-electron chi connectivity index (χ3n) is 1.68. The van der Waals surface area contributed by atoms with E-state index in [0.29, 0.717) is 13.2 Å². The van der Waals surface area contributed by atoms with Crippen LogP contribution in [-0.2, 0) is 9.05 Å². The molecule has 1 N–H and O–H groups in total. The highest BCUT2D eigenvalue weighted by atomic mass is 31.2. The lowest BCUT2D eigenvalue weighted by atomic mass is 10.2. The molecule has 92 valence electrons. The lowest BCUT2D eigenvalue weighted by Crippen LogP contribution is -1.99. The maximum absolute atomic E-state index is 9.18. The van der Waals surface area contributed by atoms with Gasteiger partial charge in [0.05, 0.1) is 13.2 Å².